The molecule has 5 nitrogen and oxygen atoms in total. The van der Waals surface area contributed by atoms with E-state index in [0.29, 0.717) is 18.0 Å². The van der Waals surface area contributed by atoms with Crippen molar-refractivity contribution in [3.05, 3.63) is 11.4 Å². The minimum atomic E-state index is 0.370. The first-order valence-electron chi connectivity index (χ1n) is 6.66. The number of anilines is 2. The minimum absolute atomic E-state index is 0.370. The van der Waals surface area contributed by atoms with Crippen LogP contribution in [0, 0.1) is 13.8 Å². The van der Waals surface area contributed by atoms with E-state index in [9.17, 15) is 0 Å². The predicted molar refractivity (Wildman–Crippen MR) is 70.6 cm³/mol. The normalized spacial score (nSPS) is 27.3. The van der Waals surface area contributed by atoms with Crippen molar-refractivity contribution in [2.24, 2.45) is 0 Å². The Kier molecular flexibility index (Phi) is 2.86. The summed E-state index contributed by atoms with van der Waals surface area (Å²) in [5.74, 6) is 2.34. The molecular formula is C13H20N4O. The molecule has 2 N–H and O–H groups in total. The summed E-state index contributed by atoms with van der Waals surface area (Å²) in [5.41, 5.74) is 6.95. The molecule has 2 heterocycles. The van der Waals surface area contributed by atoms with Crippen LogP contribution in [0.3, 0.4) is 0 Å². The third kappa shape index (κ3) is 1.82. The van der Waals surface area contributed by atoms with Gasteiger partial charge in [0.1, 0.15) is 17.5 Å². The molecule has 18 heavy (non-hydrogen) atoms. The van der Waals surface area contributed by atoms with Crippen molar-refractivity contribution >= 4 is 11.6 Å². The molecule has 3 rings (SSSR count). The van der Waals surface area contributed by atoms with Crippen LogP contribution >= 0.6 is 0 Å². The van der Waals surface area contributed by atoms with Gasteiger partial charge in [0.25, 0.3) is 0 Å². The van der Waals surface area contributed by atoms with Gasteiger partial charge in [-0.3, -0.25) is 0 Å². The minimum Gasteiger partial charge on any atom is -0.383 e. The van der Waals surface area contributed by atoms with Crippen LogP contribution in [0.4, 0.5) is 11.6 Å². The zero-order chi connectivity index (χ0) is 12.7. The molecule has 1 saturated carbocycles. The molecule has 0 bridgehead atoms. The van der Waals surface area contributed by atoms with Crippen molar-refractivity contribution in [2.45, 2.75) is 45.3 Å². The molecule has 2 fully saturated rings. The predicted octanol–water partition coefficient (Wildman–Crippen LogP) is 1.43. The fraction of sp³-hybridized carbons (Fsp3) is 0.692. The topological polar surface area (TPSA) is 64.3 Å². The number of fused-ring (bicyclic) bond motifs is 1. The zero-order valence-corrected chi connectivity index (χ0v) is 11.0. The molecular weight excluding hydrogens is 228 g/mol. The van der Waals surface area contributed by atoms with Crippen LogP contribution in [0.15, 0.2) is 0 Å². The second kappa shape index (κ2) is 4.39. The van der Waals surface area contributed by atoms with Crippen LogP contribution in [-0.2, 0) is 4.74 Å². The van der Waals surface area contributed by atoms with E-state index in [1.807, 2.05) is 13.8 Å². The van der Waals surface area contributed by atoms with E-state index in [2.05, 4.69) is 14.9 Å². The molecule has 0 radical (unpaired) electrons. The van der Waals surface area contributed by atoms with Gasteiger partial charge in [-0.05, 0) is 33.1 Å². The van der Waals surface area contributed by atoms with Gasteiger partial charge in [0, 0.05) is 12.1 Å². The Balaban J connectivity index is 1.98. The lowest BCUT2D eigenvalue weighted by Crippen LogP contribution is -2.49. The highest BCUT2D eigenvalue weighted by molar-refractivity contribution is 5.57. The van der Waals surface area contributed by atoms with Gasteiger partial charge in [-0.15, -0.1) is 0 Å². The second-order valence-electron chi connectivity index (χ2n) is 5.21. The van der Waals surface area contributed by atoms with Crippen molar-refractivity contribution in [1.29, 1.82) is 0 Å². The summed E-state index contributed by atoms with van der Waals surface area (Å²) >= 11 is 0. The summed E-state index contributed by atoms with van der Waals surface area (Å²) < 4.78 is 5.84. The van der Waals surface area contributed by atoms with Crippen LogP contribution in [0.25, 0.3) is 0 Å². The Morgan fingerprint density at radius 1 is 1.28 bits per heavy atom. The van der Waals surface area contributed by atoms with E-state index in [0.717, 1.165) is 30.4 Å². The summed E-state index contributed by atoms with van der Waals surface area (Å²) in [7, 11) is 0. The van der Waals surface area contributed by atoms with E-state index >= 15 is 0 Å². The quantitative estimate of drug-likeness (QED) is 0.814. The first-order chi connectivity index (χ1) is 8.66. The molecule has 2 atom stereocenters. The number of nitrogens with zero attached hydrogens (tertiary/aromatic N) is 3. The van der Waals surface area contributed by atoms with Crippen molar-refractivity contribution in [2.75, 3.05) is 23.8 Å². The van der Waals surface area contributed by atoms with Crippen LogP contribution in [0.2, 0.25) is 0 Å². The molecule has 0 spiro atoms. The van der Waals surface area contributed by atoms with Crippen molar-refractivity contribution in [3.63, 3.8) is 0 Å². The summed E-state index contributed by atoms with van der Waals surface area (Å²) in [5, 5.41) is 0. The Bertz CT molecular complexity index is 463. The first kappa shape index (κ1) is 11.7. The van der Waals surface area contributed by atoms with E-state index in [-0.39, 0.29) is 0 Å². The van der Waals surface area contributed by atoms with Gasteiger partial charge in [0.05, 0.1) is 18.8 Å². The zero-order valence-electron chi connectivity index (χ0n) is 11.0. The monoisotopic (exact) mass is 248 g/mol. The van der Waals surface area contributed by atoms with E-state index in [1.54, 1.807) is 0 Å². The molecule has 2 unspecified atom stereocenters. The van der Waals surface area contributed by atoms with Gasteiger partial charge in [0.2, 0.25) is 0 Å². The number of hydrogen-bond acceptors (Lipinski definition) is 5. The molecule has 1 aromatic rings. The lowest BCUT2D eigenvalue weighted by Gasteiger charge is -2.39. The van der Waals surface area contributed by atoms with Crippen molar-refractivity contribution in [1.82, 2.24) is 9.97 Å². The second-order valence-corrected chi connectivity index (χ2v) is 5.21. The van der Waals surface area contributed by atoms with Crippen LogP contribution in [0.1, 0.15) is 30.7 Å². The third-order valence-corrected chi connectivity index (χ3v) is 4.02. The Labute approximate surface area is 107 Å². The lowest BCUT2D eigenvalue weighted by atomic mass is 10.1. The maximum absolute atomic E-state index is 5.96. The molecule has 2 aliphatic rings. The number of morpholine rings is 1. The number of aromatic nitrogens is 2. The highest BCUT2D eigenvalue weighted by Crippen LogP contribution is 2.34. The van der Waals surface area contributed by atoms with E-state index < -0.39 is 0 Å². The Morgan fingerprint density at radius 3 is 2.94 bits per heavy atom. The molecule has 0 amide bonds. The molecule has 1 aliphatic heterocycles. The number of nitrogen functional groups attached to an aromatic ring is 1. The molecule has 5 heteroatoms. The average Bonchev–Trinajstić information content (AvgIpc) is 2.81. The number of hydrogen-bond donors (Lipinski definition) is 1. The van der Waals surface area contributed by atoms with Crippen LogP contribution in [-0.4, -0.2) is 35.3 Å². The summed E-state index contributed by atoms with van der Waals surface area (Å²) in [6.07, 6.45) is 3.96. The number of ether oxygens (including phenoxy) is 1. The smallest absolute Gasteiger partial charge is 0.137 e. The van der Waals surface area contributed by atoms with Gasteiger partial charge in [-0.1, -0.05) is 0 Å². The van der Waals surface area contributed by atoms with Gasteiger partial charge in [-0.25, -0.2) is 9.97 Å². The van der Waals surface area contributed by atoms with Gasteiger partial charge in [0.15, 0.2) is 0 Å². The third-order valence-electron chi connectivity index (χ3n) is 4.02. The maximum Gasteiger partial charge on any atom is 0.137 e. The number of aryl methyl sites for hydroxylation is 1. The van der Waals surface area contributed by atoms with Gasteiger partial charge >= 0.3 is 0 Å². The highest BCUT2D eigenvalue weighted by Gasteiger charge is 2.37. The molecule has 98 valence electrons. The Morgan fingerprint density at radius 2 is 2.11 bits per heavy atom. The van der Waals surface area contributed by atoms with Crippen molar-refractivity contribution in [3.8, 4) is 0 Å². The van der Waals surface area contributed by atoms with Gasteiger partial charge in [-0.2, -0.15) is 0 Å². The molecule has 1 saturated heterocycles. The lowest BCUT2D eigenvalue weighted by molar-refractivity contribution is 0.0252. The summed E-state index contributed by atoms with van der Waals surface area (Å²) in [6.45, 7) is 5.58. The van der Waals surface area contributed by atoms with E-state index in [4.69, 9.17) is 10.5 Å². The number of nitrogens with two attached hydrogens (primary N) is 1. The maximum atomic E-state index is 5.96. The fourth-order valence-corrected chi connectivity index (χ4v) is 3.10. The van der Waals surface area contributed by atoms with Gasteiger partial charge < -0.3 is 15.4 Å². The van der Waals surface area contributed by atoms with Crippen molar-refractivity contribution < 1.29 is 4.74 Å². The summed E-state index contributed by atoms with van der Waals surface area (Å²) in [4.78, 5) is 11.2. The SMILES string of the molecule is Cc1nc(N)c(C)c(N2CCOC3CCCC32)n1. The summed E-state index contributed by atoms with van der Waals surface area (Å²) in [6, 6.07) is 0.464. The molecule has 0 aromatic carbocycles. The first-order valence-corrected chi connectivity index (χ1v) is 6.66. The molecule has 1 aliphatic carbocycles. The average molecular weight is 248 g/mol. The largest absolute Gasteiger partial charge is 0.383 e. The molecule has 1 aromatic heterocycles. The standard InChI is InChI=1S/C13H20N4O/c1-8-12(14)15-9(2)16-13(8)17-6-7-18-11-5-3-4-10(11)17/h10-11H,3-7H2,1-2H3,(H2,14,15,16). The van der Waals surface area contributed by atoms with Crippen LogP contribution < -0.4 is 10.6 Å². The van der Waals surface area contributed by atoms with Crippen LogP contribution in [0.5, 0.6) is 0 Å². The fourth-order valence-electron chi connectivity index (χ4n) is 3.10. The van der Waals surface area contributed by atoms with E-state index in [1.165, 1.54) is 19.3 Å². The number of rotatable bonds is 1. The Hall–Kier alpha value is -1.36. The highest BCUT2D eigenvalue weighted by atomic mass is 16.5.